The molecular formula is C15H18N2OS. The second-order valence-electron chi connectivity index (χ2n) is 4.73. The Kier molecular flexibility index (Phi) is 3.92. The maximum Gasteiger partial charge on any atom is 0.122 e. The summed E-state index contributed by atoms with van der Waals surface area (Å²) in [4.78, 5) is 6.10. The van der Waals surface area contributed by atoms with E-state index in [4.69, 9.17) is 15.5 Å². The Labute approximate surface area is 117 Å². The monoisotopic (exact) mass is 274 g/mol. The minimum absolute atomic E-state index is 0.194. The van der Waals surface area contributed by atoms with Gasteiger partial charge in [-0.3, -0.25) is 0 Å². The molecule has 1 aliphatic heterocycles. The molecule has 1 aromatic carbocycles. The predicted octanol–water partition coefficient (Wildman–Crippen LogP) is 3.16. The summed E-state index contributed by atoms with van der Waals surface area (Å²) in [6, 6.07) is 10.3. The van der Waals surface area contributed by atoms with E-state index in [0.29, 0.717) is 6.54 Å². The van der Waals surface area contributed by atoms with E-state index in [1.54, 1.807) is 11.3 Å². The highest BCUT2D eigenvalue weighted by Crippen LogP contribution is 2.36. The van der Waals surface area contributed by atoms with Crippen LogP contribution in [-0.4, -0.2) is 18.1 Å². The molecule has 3 rings (SSSR count). The number of nitrogens with zero attached hydrogens (tertiary/aromatic N) is 1. The van der Waals surface area contributed by atoms with E-state index < -0.39 is 0 Å². The molecule has 0 saturated carbocycles. The third-order valence-corrected chi connectivity index (χ3v) is 4.54. The van der Waals surface area contributed by atoms with Crippen LogP contribution in [-0.2, 0) is 11.2 Å². The molecule has 2 aromatic rings. The van der Waals surface area contributed by atoms with Gasteiger partial charge >= 0.3 is 0 Å². The largest absolute Gasteiger partial charge is 0.371 e. The Morgan fingerprint density at radius 1 is 1.32 bits per heavy atom. The first kappa shape index (κ1) is 12.8. The summed E-state index contributed by atoms with van der Waals surface area (Å²) in [5, 5.41) is 1.11. The van der Waals surface area contributed by atoms with Crippen LogP contribution in [0.4, 0.5) is 0 Å². The van der Waals surface area contributed by atoms with E-state index in [9.17, 15) is 0 Å². The summed E-state index contributed by atoms with van der Waals surface area (Å²) in [6.07, 6.45) is 3.30. The van der Waals surface area contributed by atoms with Gasteiger partial charge in [-0.05, 0) is 25.8 Å². The standard InChI is InChI=1S/C15H18N2OS/c16-9-8-13-14(11-5-2-1-3-6-11)17-15(19-13)12-7-4-10-18-12/h1-3,5-6,12H,4,7-10,16H2. The molecule has 0 bridgehead atoms. The van der Waals surface area contributed by atoms with Gasteiger partial charge < -0.3 is 10.5 Å². The van der Waals surface area contributed by atoms with Crippen LogP contribution < -0.4 is 5.73 Å². The van der Waals surface area contributed by atoms with Gasteiger partial charge in [-0.25, -0.2) is 4.98 Å². The van der Waals surface area contributed by atoms with E-state index in [1.807, 2.05) is 18.2 Å². The summed E-state index contributed by atoms with van der Waals surface area (Å²) in [6.45, 7) is 1.52. The van der Waals surface area contributed by atoms with Gasteiger partial charge in [-0.1, -0.05) is 30.3 Å². The van der Waals surface area contributed by atoms with E-state index in [1.165, 1.54) is 10.4 Å². The molecule has 1 saturated heterocycles. The average Bonchev–Trinajstić information content (AvgIpc) is 3.08. The van der Waals surface area contributed by atoms with Crippen molar-refractivity contribution in [2.75, 3.05) is 13.2 Å². The summed E-state index contributed by atoms with van der Waals surface area (Å²) < 4.78 is 5.74. The predicted molar refractivity (Wildman–Crippen MR) is 78.2 cm³/mol. The summed E-state index contributed by atoms with van der Waals surface area (Å²) in [5.41, 5.74) is 7.98. The maximum absolute atomic E-state index is 5.74. The molecule has 0 radical (unpaired) electrons. The Morgan fingerprint density at radius 2 is 2.16 bits per heavy atom. The lowest BCUT2D eigenvalue weighted by Gasteiger charge is -2.03. The van der Waals surface area contributed by atoms with Crippen LogP contribution in [0, 0.1) is 0 Å². The molecule has 1 fully saturated rings. The molecule has 2 heterocycles. The Morgan fingerprint density at radius 3 is 2.84 bits per heavy atom. The maximum atomic E-state index is 5.74. The zero-order valence-corrected chi connectivity index (χ0v) is 11.7. The van der Waals surface area contributed by atoms with Crippen molar-refractivity contribution in [3.63, 3.8) is 0 Å². The molecular weight excluding hydrogens is 256 g/mol. The van der Waals surface area contributed by atoms with Gasteiger partial charge in [0.05, 0.1) is 5.69 Å². The van der Waals surface area contributed by atoms with Crippen molar-refractivity contribution in [3.05, 3.63) is 40.2 Å². The van der Waals surface area contributed by atoms with E-state index in [-0.39, 0.29) is 6.10 Å². The number of hydrogen-bond acceptors (Lipinski definition) is 4. The average molecular weight is 274 g/mol. The van der Waals surface area contributed by atoms with Gasteiger partial charge in [-0.2, -0.15) is 0 Å². The second kappa shape index (κ2) is 5.82. The van der Waals surface area contributed by atoms with Crippen molar-refractivity contribution in [2.24, 2.45) is 5.73 Å². The van der Waals surface area contributed by atoms with Crippen LogP contribution in [0.3, 0.4) is 0 Å². The van der Waals surface area contributed by atoms with Crippen LogP contribution in [0.25, 0.3) is 11.3 Å². The molecule has 0 amide bonds. The Balaban J connectivity index is 1.97. The number of nitrogens with two attached hydrogens (primary N) is 1. The highest BCUT2D eigenvalue weighted by atomic mass is 32.1. The molecule has 100 valence electrons. The fraction of sp³-hybridized carbons (Fsp3) is 0.400. The molecule has 1 atom stereocenters. The van der Waals surface area contributed by atoms with Crippen molar-refractivity contribution in [3.8, 4) is 11.3 Å². The number of rotatable bonds is 4. The van der Waals surface area contributed by atoms with E-state index >= 15 is 0 Å². The van der Waals surface area contributed by atoms with Crippen molar-refractivity contribution in [2.45, 2.75) is 25.4 Å². The second-order valence-corrected chi connectivity index (χ2v) is 5.85. The highest BCUT2D eigenvalue weighted by Gasteiger charge is 2.23. The number of thiazole rings is 1. The SMILES string of the molecule is NCCc1sc(C2CCCO2)nc1-c1ccccc1. The minimum atomic E-state index is 0.194. The zero-order chi connectivity index (χ0) is 13.1. The van der Waals surface area contributed by atoms with Crippen LogP contribution in [0.2, 0.25) is 0 Å². The molecule has 1 aromatic heterocycles. The first-order valence-corrected chi connectivity index (χ1v) is 7.57. The summed E-state index contributed by atoms with van der Waals surface area (Å²) >= 11 is 1.76. The van der Waals surface area contributed by atoms with Crippen molar-refractivity contribution in [1.29, 1.82) is 0 Å². The summed E-state index contributed by atoms with van der Waals surface area (Å²) in [7, 11) is 0. The first-order valence-electron chi connectivity index (χ1n) is 6.75. The molecule has 4 heteroatoms. The van der Waals surface area contributed by atoms with Gasteiger partial charge in [0.1, 0.15) is 11.1 Å². The van der Waals surface area contributed by atoms with Gasteiger partial charge in [0, 0.05) is 17.0 Å². The molecule has 0 aliphatic carbocycles. The van der Waals surface area contributed by atoms with Crippen molar-refractivity contribution in [1.82, 2.24) is 4.98 Å². The quantitative estimate of drug-likeness (QED) is 0.931. The van der Waals surface area contributed by atoms with Crippen molar-refractivity contribution >= 4 is 11.3 Å². The number of benzene rings is 1. The third kappa shape index (κ3) is 2.71. The highest BCUT2D eigenvalue weighted by molar-refractivity contribution is 7.12. The van der Waals surface area contributed by atoms with Crippen molar-refractivity contribution < 1.29 is 4.74 Å². The van der Waals surface area contributed by atoms with Gasteiger partial charge in [0.15, 0.2) is 0 Å². The fourth-order valence-corrected chi connectivity index (χ4v) is 3.59. The fourth-order valence-electron chi connectivity index (χ4n) is 2.40. The molecule has 19 heavy (non-hydrogen) atoms. The molecule has 3 nitrogen and oxygen atoms in total. The lowest BCUT2D eigenvalue weighted by atomic mass is 10.1. The van der Waals surface area contributed by atoms with Gasteiger partial charge in [0.25, 0.3) is 0 Å². The van der Waals surface area contributed by atoms with Crippen LogP contribution in [0.1, 0.15) is 28.8 Å². The van der Waals surface area contributed by atoms with E-state index in [2.05, 4.69) is 12.1 Å². The lowest BCUT2D eigenvalue weighted by molar-refractivity contribution is 0.112. The van der Waals surface area contributed by atoms with Gasteiger partial charge in [-0.15, -0.1) is 11.3 Å². The minimum Gasteiger partial charge on any atom is -0.371 e. The normalized spacial score (nSPS) is 18.9. The van der Waals surface area contributed by atoms with Gasteiger partial charge in [0.2, 0.25) is 0 Å². The first-order chi connectivity index (χ1) is 9.38. The Bertz CT molecular complexity index is 532. The number of hydrogen-bond donors (Lipinski definition) is 1. The molecule has 1 unspecified atom stereocenters. The lowest BCUT2D eigenvalue weighted by Crippen LogP contribution is -2.02. The smallest absolute Gasteiger partial charge is 0.122 e. The topological polar surface area (TPSA) is 48.1 Å². The zero-order valence-electron chi connectivity index (χ0n) is 10.8. The molecule has 0 spiro atoms. The van der Waals surface area contributed by atoms with E-state index in [0.717, 1.165) is 36.6 Å². The Hall–Kier alpha value is -1.23. The number of aromatic nitrogens is 1. The molecule has 1 aliphatic rings. The molecule has 2 N–H and O–H groups in total. The van der Waals surface area contributed by atoms with Crippen LogP contribution in [0.5, 0.6) is 0 Å². The third-order valence-electron chi connectivity index (χ3n) is 3.34. The van der Waals surface area contributed by atoms with Crippen LogP contribution >= 0.6 is 11.3 Å². The van der Waals surface area contributed by atoms with Crippen LogP contribution in [0.15, 0.2) is 30.3 Å². The number of ether oxygens (including phenoxy) is 1. The summed E-state index contributed by atoms with van der Waals surface area (Å²) in [5.74, 6) is 0.